The first kappa shape index (κ1) is 76.8. The highest BCUT2D eigenvalue weighted by molar-refractivity contribution is 4.61. The summed E-state index contributed by atoms with van der Waals surface area (Å²) in [5.74, 6) is 0. The van der Waals surface area contributed by atoms with Crippen molar-refractivity contribution < 1.29 is 80.9 Å². The normalized spacial score (nSPS) is 15.6. The van der Waals surface area contributed by atoms with Gasteiger partial charge in [0.1, 0.15) is 0 Å². The van der Waals surface area contributed by atoms with Crippen LogP contribution in [0.1, 0.15) is 110 Å². The van der Waals surface area contributed by atoms with E-state index < -0.39 is 0 Å². The number of aliphatic hydroxyl groups is 1. The maximum Gasteiger partial charge on any atom is 0.0782 e. The van der Waals surface area contributed by atoms with Gasteiger partial charge in [0.2, 0.25) is 0 Å². The molecule has 0 radical (unpaired) electrons. The van der Waals surface area contributed by atoms with Crippen LogP contribution in [0.15, 0.2) is 0 Å². The van der Waals surface area contributed by atoms with Gasteiger partial charge in [-0.05, 0) is 96.4 Å². The molecule has 0 bridgehead atoms. The zero-order valence-electron chi connectivity index (χ0n) is 46.9. The standard InChI is InChI=1S/2C11H24O3.2C8H18O3.C7H16O3.C4H10O2/c1-9(12-6)7-13-10(2)8-14-11(3,4)5;1-5-6-7-13-8-11(3)14-9-10(2)12-4;2*1-7(10-4)6-11-8(2)5-9-3;1-6(4-8)10-5-7(2)9-3;1-5-3-4-6-2/h9-10H,7-8H2,1-6H3;10-11H,5-9H2,1-4H3;2*7-8H,5-6H2,1-4H3;6-8H,4-5H2,1-3H3;3-4H2,1-2H3. The van der Waals surface area contributed by atoms with Crippen molar-refractivity contribution in [2.75, 3.05) is 150 Å². The summed E-state index contributed by atoms with van der Waals surface area (Å²) in [6.07, 6.45) is 3.53. The fraction of sp³-hybridized carbons (Fsp3) is 1.00. The molecule has 0 amide bonds. The van der Waals surface area contributed by atoms with E-state index in [9.17, 15) is 0 Å². The molecule has 0 aromatic rings. The van der Waals surface area contributed by atoms with Crippen LogP contribution >= 0.6 is 0 Å². The van der Waals surface area contributed by atoms with Crippen LogP contribution in [0.4, 0.5) is 0 Å². The minimum absolute atomic E-state index is 0.0659. The van der Waals surface area contributed by atoms with Gasteiger partial charge in [-0.1, -0.05) is 13.3 Å². The summed E-state index contributed by atoms with van der Waals surface area (Å²) in [6.45, 7) is 35.8. The second kappa shape index (κ2) is 58.6. The molecule has 0 aromatic heterocycles. The van der Waals surface area contributed by atoms with E-state index in [1.807, 2.05) is 90.0 Å². The van der Waals surface area contributed by atoms with Crippen molar-refractivity contribution in [3.63, 3.8) is 0 Å². The van der Waals surface area contributed by atoms with Crippen LogP contribution in [0.5, 0.6) is 0 Å². The van der Waals surface area contributed by atoms with Gasteiger partial charge in [0, 0.05) is 70.6 Å². The first-order valence-electron chi connectivity index (χ1n) is 23.6. The van der Waals surface area contributed by atoms with Crippen LogP contribution in [0.2, 0.25) is 0 Å². The van der Waals surface area contributed by atoms with Crippen molar-refractivity contribution in [2.45, 2.75) is 176 Å². The summed E-state index contributed by atoms with van der Waals surface area (Å²) in [4.78, 5) is 0. The highest BCUT2D eigenvalue weighted by Gasteiger charge is 2.14. The third-order valence-corrected chi connectivity index (χ3v) is 8.39. The van der Waals surface area contributed by atoms with E-state index in [2.05, 4.69) is 16.4 Å². The van der Waals surface area contributed by atoms with Crippen molar-refractivity contribution >= 4 is 0 Å². The minimum Gasteiger partial charge on any atom is -0.394 e. The van der Waals surface area contributed by atoms with Gasteiger partial charge in [-0.15, -0.1) is 0 Å². The Kier molecular flexibility index (Phi) is 68.2. The molecule has 0 saturated carbocycles. The summed E-state index contributed by atoms with van der Waals surface area (Å²) in [5, 5.41) is 8.55. The number of hydrogen-bond donors (Lipinski definition) is 1. The molecule has 0 aliphatic rings. The molecule has 0 saturated heterocycles. The van der Waals surface area contributed by atoms with Crippen molar-refractivity contribution in [3.05, 3.63) is 0 Å². The summed E-state index contributed by atoms with van der Waals surface area (Å²) in [6, 6.07) is 0. The van der Waals surface area contributed by atoms with E-state index in [1.165, 1.54) is 6.42 Å². The number of aliphatic hydroxyl groups excluding tert-OH is 1. The first-order chi connectivity index (χ1) is 31.1. The summed E-state index contributed by atoms with van der Waals surface area (Å²) >= 11 is 0. The maximum atomic E-state index is 8.55. The highest BCUT2D eigenvalue weighted by Crippen LogP contribution is 2.08. The van der Waals surface area contributed by atoms with Crippen LogP contribution < -0.4 is 0 Å². The van der Waals surface area contributed by atoms with Gasteiger partial charge < -0.3 is 80.9 Å². The average molecular weight is 971 g/mol. The molecule has 1 N–H and O–H groups in total. The minimum atomic E-state index is -0.0928. The number of ether oxygens (including phenoxy) is 16. The Hall–Kier alpha value is -0.680. The van der Waals surface area contributed by atoms with Crippen molar-refractivity contribution in [2.24, 2.45) is 0 Å². The van der Waals surface area contributed by atoms with E-state index in [1.54, 1.807) is 64.0 Å². The van der Waals surface area contributed by atoms with E-state index in [0.717, 1.165) is 13.0 Å². The molecule has 0 heterocycles. The summed E-state index contributed by atoms with van der Waals surface area (Å²) in [5.41, 5.74) is -0.0928. The molecule has 17 heteroatoms. The lowest BCUT2D eigenvalue weighted by atomic mass is 10.2. The van der Waals surface area contributed by atoms with Gasteiger partial charge in [0.15, 0.2) is 0 Å². The van der Waals surface area contributed by atoms with Crippen LogP contribution in [0.25, 0.3) is 0 Å². The molecule has 0 aliphatic heterocycles. The van der Waals surface area contributed by atoms with Gasteiger partial charge in [0.25, 0.3) is 0 Å². The van der Waals surface area contributed by atoms with Crippen LogP contribution in [-0.4, -0.2) is 222 Å². The molecule has 17 nitrogen and oxygen atoms in total. The smallest absolute Gasteiger partial charge is 0.0782 e. The van der Waals surface area contributed by atoms with E-state index in [0.29, 0.717) is 72.7 Å². The van der Waals surface area contributed by atoms with Crippen LogP contribution in [-0.2, 0) is 75.8 Å². The fourth-order valence-corrected chi connectivity index (χ4v) is 3.58. The molecule has 408 valence electrons. The van der Waals surface area contributed by atoms with Gasteiger partial charge >= 0.3 is 0 Å². The highest BCUT2D eigenvalue weighted by atomic mass is 16.6. The molecular weight excluding hydrogens is 861 g/mol. The zero-order chi connectivity index (χ0) is 52.2. The Morgan fingerprint density at radius 3 is 0.879 bits per heavy atom. The zero-order valence-corrected chi connectivity index (χ0v) is 46.9. The number of rotatable bonds is 35. The van der Waals surface area contributed by atoms with Gasteiger partial charge in [0.05, 0.1) is 146 Å². The second-order valence-electron chi connectivity index (χ2n) is 16.9. The van der Waals surface area contributed by atoms with Gasteiger partial charge in [-0.25, -0.2) is 0 Å². The SMILES string of the molecule is CCCCOCC(C)OCC(C)OC.COC(C)COC(C)CO.COC(C)COC(C)COC(C)(C)C.COCC(C)OCC(C)OC.COCC(C)OCC(C)OC.COCCOC. The quantitative estimate of drug-likeness (QED) is 0.0627. The maximum absolute atomic E-state index is 8.55. The summed E-state index contributed by atoms with van der Waals surface area (Å²) in [7, 11) is 15.0. The van der Waals surface area contributed by atoms with Crippen molar-refractivity contribution in [1.29, 1.82) is 0 Å². The van der Waals surface area contributed by atoms with Crippen molar-refractivity contribution in [1.82, 2.24) is 0 Å². The predicted molar refractivity (Wildman–Crippen MR) is 265 cm³/mol. The number of methoxy groups -OCH3 is 9. The summed E-state index contributed by atoms with van der Waals surface area (Å²) < 4.78 is 82.3. The molecule has 66 heavy (non-hydrogen) atoms. The molecule has 0 spiro atoms. The largest absolute Gasteiger partial charge is 0.394 e. The molecular formula is C49H110O17. The predicted octanol–water partition coefficient (Wildman–Crippen LogP) is 7.33. The molecule has 0 rings (SSSR count). The Balaban J connectivity index is -0.000000166. The lowest BCUT2D eigenvalue weighted by Gasteiger charge is -2.23. The molecule has 0 fully saturated rings. The van der Waals surface area contributed by atoms with Gasteiger partial charge in [-0.2, -0.15) is 0 Å². The third-order valence-electron chi connectivity index (χ3n) is 8.39. The Morgan fingerprint density at radius 2 is 0.636 bits per heavy atom. The third kappa shape index (κ3) is 74.8. The molecule has 10 unspecified atom stereocenters. The first-order valence-corrected chi connectivity index (χ1v) is 23.6. The van der Waals surface area contributed by atoms with Crippen molar-refractivity contribution in [3.8, 4) is 0 Å². The lowest BCUT2D eigenvalue weighted by molar-refractivity contribution is -0.0831. The molecule has 10 atom stereocenters. The van der Waals surface area contributed by atoms with Gasteiger partial charge in [-0.3, -0.25) is 0 Å². The number of unbranched alkanes of at least 4 members (excludes halogenated alkanes) is 1. The number of hydrogen-bond acceptors (Lipinski definition) is 17. The monoisotopic (exact) mass is 971 g/mol. The Labute approximate surface area is 406 Å². The van der Waals surface area contributed by atoms with Crippen LogP contribution in [0.3, 0.4) is 0 Å². The topological polar surface area (TPSA) is 168 Å². The van der Waals surface area contributed by atoms with E-state index in [-0.39, 0.29) is 73.2 Å². The van der Waals surface area contributed by atoms with Crippen LogP contribution in [0, 0.1) is 0 Å². The fourth-order valence-electron chi connectivity index (χ4n) is 3.58. The lowest BCUT2D eigenvalue weighted by Crippen LogP contribution is -2.28. The Bertz CT molecular complexity index is 822. The molecule has 0 aliphatic carbocycles. The Morgan fingerprint density at radius 1 is 0.348 bits per heavy atom. The second-order valence-corrected chi connectivity index (χ2v) is 16.9. The van der Waals surface area contributed by atoms with E-state index in [4.69, 9.17) is 71.4 Å². The van der Waals surface area contributed by atoms with E-state index >= 15 is 0 Å². The average Bonchev–Trinajstić information content (AvgIpc) is 3.30. The molecule has 0 aromatic carbocycles.